The van der Waals surface area contributed by atoms with Gasteiger partial charge in [0.1, 0.15) is 0 Å². The molecule has 0 unspecified atom stereocenters. The van der Waals surface area contributed by atoms with Crippen molar-refractivity contribution in [1.29, 1.82) is 0 Å². The first kappa shape index (κ1) is 18.3. The van der Waals surface area contributed by atoms with Crippen LogP contribution >= 0.6 is 0 Å². The van der Waals surface area contributed by atoms with E-state index >= 15 is 0 Å². The first-order chi connectivity index (χ1) is 12.6. The van der Waals surface area contributed by atoms with Gasteiger partial charge in [0, 0.05) is 17.8 Å². The summed E-state index contributed by atoms with van der Waals surface area (Å²) in [6.45, 7) is 3.00. The first-order valence-electron chi connectivity index (χ1n) is 8.72. The van der Waals surface area contributed by atoms with Crippen molar-refractivity contribution in [2.45, 2.75) is 25.8 Å². The lowest BCUT2D eigenvalue weighted by molar-refractivity contribution is 0.102. The highest BCUT2D eigenvalue weighted by Gasteiger charge is 2.16. The number of rotatable bonds is 5. The summed E-state index contributed by atoms with van der Waals surface area (Å²) in [7, 11) is 1.18. The third kappa shape index (κ3) is 4.38. The van der Waals surface area contributed by atoms with Crippen LogP contribution in [-0.4, -0.2) is 31.0 Å². The normalized spacial score (nSPS) is 14.9. The number of ether oxygens (including phenoxy) is 1. The van der Waals surface area contributed by atoms with Crippen LogP contribution in [0, 0.1) is 11.6 Å². The average molecular weight is 360 g/mol. The lowest BCUT2D eigenvalue weighted by Gasteiger charge is -2.26. The Morgan fingerprint density at radius 1 is 1.12 bits per heavy atom. The second kappa shape index (κ2) is 8.27. The molecule has 1 heterocycles. The largest absolute Gasteiger partial charge is 0.491 e. The summed E-state index contributed by atoms with van der Waals surface area (Å²) in [5, 5.41) is 2.70. The minimum Gasteiger partial charge on any atom is -0.491 e. The maximum atomic E-state index is 13.8. The molecule has 1 saturated heterocycles. The van der Waals surface area contributed by atoms with Crippen LogP contribution in [-0.2, 0) is 6.54 Å². The number of nitrogens with one attached hydrogen (secondary N) is 1. The number of hydrogen-bond donors (Lipinski definition) is 1. The predicted octanol–water partition coefficient (Wildman–Crippen LogP) is 4.21. The van der Waals surface area contributed by atoms with Gasteiger partial charge in [0.25, 0.3) is 5.91 Å². The Morgan fingerprint density at radius 3 is 2.46 bits per heavy atom. The maximum absolute atomic E-state index is 13.8. The molecule has 0 aliphatic carbocycles. The molecule has 1 N–H and O–H groups in total. The number of methoxy groups -OCH3 is 1. The van der Waals surface area contributed by atoms with Crippen LogP contribution in [0.15, 0.2) is 36.4 Å². The number of piperidine rings is 1. The van der Waals surface area contributed by atoms with Crippen LogP contribution in [0.5, 0.6) is 5.75 Å². The van der Waals surface area contributed by atoms with Gasteiger partial charge in [-0.15, -0.1) is 0 Å². The van der Waals surface area contributed by atoms with Crippen molar-refractivity contribution in [3.05, 3.63) is 59.2 Å². The Balaban J connectivity index is 1.70. The van der Waals surface area contributed by atoms with Gasteiger partial charge in [-0.2, -0.15) is 0 Å². The fourth-order valence-corrected chi connectivity index (χ4v) is 3.21. The lowest BCUT2D eigenvalue weighted by atomic mass is 10.1. The number of carbonyl (C=O) groups excluding carboxylic acids is 1. The smallest absolute Gasteiger partial charge is 0.255 e. The number of likely N-dealkylation sites (tertiary alicyclic amines) is 1. The van der Waals surface area contributed by atoms with E-state index in [-0.39, 0.29) is 5.56 Å². The van der Waals surface area contributed by atoms with E-state index < -0.39 is 23.3 Å². The standard InChI is InChI=1S/C20H22F2N2O2/c1-26-19-17(21)11-15(12-18(19)22)20(25)23-16-7-5-6-14(10-16)13-24-8-3-2-4-9-24/h5-7,10-12H,2-4,8-9,13H2,1H3,(H,23,25). The fraction of sp³-hybridized carbons (Fsp3) is 0.350. The third-order valence-corrected chi connectivity index (χ3v) is 4.50. The molecule has 1 aliphatic heterocycles. The van der Waals surface area contributed by atoms with Crippen molar-refractivity contribution >= 4 is 11.6 Å². The minimum absolute atomic E-state index is 0.0952. The van der Waals surface area contributed by atoms with Crippen molar-refractivity contribution in [1.82, 2.24) is 4.90 Å². The fourth-order valence-electron chi connectivity index (χ4n) is 3.21. The highest BCUT2D eigenvalue weighted by Crippen LogP contribution is 2.23. The number of amides is 1. The molecule has 138 valence electrons. The summed E-state index contributed by atoms with van der Waals surface area (Å²) < 4.78 is 32.2. The molecular formula is C20H22F2N2O2. The van der Waals surface area contributed by atoms with Crippen LogP contribution in [0.2, 0.25) is 0 Å². The van der Waals surface area contributed by atoms with E-state index in [9.17, 15) is 13.6 Å². The molecule has 0 atom stereocenters. The molecule has 0 bridgehead atoms. The molecule has 0 radical (unpaired) electrons. The molecule has 2 aromatic carbocycles. The molecule has 0 spiro atoms. The lowest BCUT2D eigenvalue weighted by Crippen LogP contribution is -2.29. The quantitative estimate of drug-likeness (QED) is 0.868. The average Bonchev–Trinajstić information content (AvgIpc) is 2.62. The number of hydrogen-bond acceptors (Lipinski definition) is 3. The van der Waals surface area contributed by atoms with Crippen LogP contribution < -0.4 is 10.1 Å². The Labute approximate surface area is 151 Å². The van der Waals surface area contributed by atoms with Crippen molar-refractivity contribution in [3.8, 4) is 5.75 Å². The van der Waals surface area contributed by atoms with E-state index in [1.165, 1.54) is 26.4 Å². The van der Waals surface area contributed by atoms with Gasteiger partial charge in [0.15, 0.2) is 17.4 Å². The van der Waals surface area contributed by atoms with E-state index in [0.717, 1.165) is 37.3 Å². The molecule has 4 nitrogen and oxygen atoms in total. The van der Waals surface area contributed by atoms with Crippen LogP contribution in [0.3, 0.4) is 0 Å². The molecule has 0 aromatic heterocycles. The first-order valence-corrected chi connectivity index (χ1v) is 8.72. The van der Waals surface area contributed by atoms with E-state index in [1.54, 1.807) is 6.07 Å². The summed E-state index contributed by atoms with van der Waals surface area (Å²) in [5.74, 6) is -2.88. The van der Waals surface area contributed by atoms with Gasteiger partial charge in [-0.3, -0.25) is 9.69 Å². The summed E-state index contributed by atoms with van der Waals surface area (Å²) in [6.07, 6.45) is 3.71. The molecule has 6 heteroatoms. The molecule has 2 aromatic rings. The van der Waals surface area contributed by atoms with E-state index in [0.29, 0.717) is 5.69 Å². The zero-order valence-electron chi connectivity index (χ0n) is 14.7. The van der Waals surface area contributed by atoms with Gasteiger partial charge in [-0.1, -0.05) is 18.6 Å². The molecule has 26 heavy (non-hydrogen) atoms. The van der Waals surface area contributed by atoms with E-state index in [1.807, 2.05) is 18.2 Å². The SMILES string of the molecule is COc1c(F)cc(C(=O)Nc2cccc(CN3CCCCC3)c2)cc1F. The van der Waals surface area contributed by atoms with E-state index in [4.69, 9.17) is 0 Å². The van der Waals surface area contributed by atoms with Crippen molar-refractivity contribution in [2.75, 3.05) is 25.5 Å². The zero-order chi connectivity index (χ0) is 18.5. The summed E-state index contributed by atoms with van der Waals surface area (Å²) in [4.78, 5) is 14.7. The Kier molecular flexibility index (Phi) is 5.83. The molecule has 3 rings (SSSR count). The number of nitrogens with zero attached hydrogens (tertiary/aromatic N) is 1. The second-order valence-corrected chi connectivity index (χ2v) is 6.46. The van der Waals surface area contributed by atoms with Gasteiger partial charge in [-0.25, -0.2) is 8.78 Å². The number of carbonyl (C=O) groups is 1. The number of benzene rings is 2. The Bertz CT molecular complexity index is 766. The van der Waals surface area contributed by atoms with Gasteiger partial charge in [-0.05, 0) is 55.8 Å². The molecule has 1 fully saturated rings. The maximum Gasteiger partial charge on any atom is 0.255 e. The van der Waals surface area contributed by atoms with Gasteiger partial charge < -0.3 is 10.1 Å². The topological polar surface area (TPSA) is 41.6 Å². The van der Waals surface area contributed by atoms with Gasteiger partial charge in [0.05, 0.1) is 7.11 Å². The minimum atomic E-state index is -0.906. The highest BCUT2D eigenvalue weighted by atomic mass is 19.1. The van der Waals surface area contributed by atoms with Crippen LogP contribution in [0.1, 0.15) is 35.2 Å². The summed E-state index contributed by atoms with van der Waals surface area (Å²) >= 11 is 0. The van der Waals surface area contributed by atoms with Crippen molar-refractivity contribution in [3.63, 3.8) is 0 Å². The van der Waals surface area contributed by atoms with Gasteiger partial charge >= 0.3 is 0 Å². The number of halogens is 2. The molecule has 1 amide bonds. The van der Waals surface area contributed by atoms with Crippen LogP contribution in [0.4, 0.5) is 14.5 Å². The van der Waals surface area contributed by atoms with E-state index in [2.05, 4.69) is 15.0 Å². The van der Waals surface area contributed by atoms with Crippen molar-refractivity contribution in [2.24, 2.45) is 0 Å². The summed E-state index contributed by atoms with van der Waals surface area (Å²) in [6, 6.07) is 9.46. The molecular weight excluding hydrogens is 338 g/mol. The third-order valence-electron chi connectivity index (χ3n) is 4.50. The zero-order valence-corrected chi connectivity index (χ0v) is 14.7. The Hall–Kier alpha value is -2.47. The monoisotopic (exact) mass is 360 g/mol. The van der Waals surface area contributed by atoms with Crippen molar-refractivity contribution < 1.29 is 18.3 Å². The van der Waals surface area contributed by atoms with Gasteiger partial charge in [0.2, 0.25) is 0 Å². The number of anilines is 1. The molecule has 1 aliphatic rings. The van der Waals surface area contributed by atoms with Crippen LogP contribution in [0.25, 0.3) is 0 Å². The second-order valence-electron chi connectivity index (χ2n) is 6.46. The Morgan fingerprint density at radius 2 is 1.81 bits per heavy atom. The predicted molar refractivity (Wildman–Crippen MR) is 96.4 cm³/mol. The summed E-state index contributed by atoms with van der Waals surface area (Å²) in [5.41, 5.74) is 1.60. The molecule has 0 saturated carbocycles. The highest BCUT2D eigenvalue weighted by molar-refractivity contribution is 6.04.